The van der Waals surface area contributed by atoms with Crippen LogP contribution >= 0.6 is 0 Å². The first-order valence-corrected chi connectivity index (χ1v) is 10.9. The van der Waals surface area contributed by atoms with Gasteiger partial charge in [0.2, 0.25) is 17.7 Å². The van der Waals surface area contributed by atoms with E-state index in [1.807, 2.05) is 4.90 Å². The Bertz CT molecular complexity index is 1000. The van der Waals surface area contributed by atoms with Crippen LogP contribution in [-0.2, 0) is 4.79 Å². The van der Waals surface area contributed by atoms with E-state index >= 15 is 0 Å². The van der Waals surface area contributed by atoms with Crippen LogP contribution in [0.25, 0.3) is 5.95 Å². The molecule has 2 spiro atoms. The fourth-order valence-corrected chi connectivity index (χ4v) is 5.99. The molecule has 3 heterocycles. The molecule has 6 rings (SSSR count). The summed E-state index contributed by atoms with van der Waals surface area (Å²) in [6.45, 7) is 4.45. The maximum atomic E-state index is 13.3. The van der Waals surface area contributed by atoms with Gasteiger partial charge in [-0.1, -0.05) is 0 Å². The van der Waals surface area contributed by atoms with Gasteiger partial charge >= 0.3 is 0 Å². The van der Waals surface area contributed by atoms with Crippen molar-refractivity contribution in [3.05, 3.63) is 18.0 Å². The standard InChI is InChI=1S/C20H26N8O2/c1-11-3-4-13(9-27(11)17(30)14-19(5-6-19)20(14)7-8-20)24-16(29)15-23-12(2)28(26-15)18-21-10-22-25-18/h10-11,13-14H,3-9H2,1-2H3,(H,24,29)(H,21,22,25)/t11-,13-/m1/s1. The first-order chi connectivity index (χ1) is 14.4. The van der Waals surface area contributed by atoms with Gasteiger partial charge in [0.15, 0.2) is 0 Å². The second-order valence-electron chi connectivity index (χ2n) is 9.54. The van der Waals surface area contributed by atoms with E-state index in [1.165, 1.54) is 36.7 Å². The topological polar surface area (TPSA) is 122 Å². The van der Waals surface area contributed by atoms with E-state index < -0.39 is 0 Å². The fourth-order valence-electron chi connectivity index (χ4n) is 5.99. The van der Waals surface area contributed by atoms with Crippen LogP contribution in [0.1, 0.15) is 61.9 Å². The van der Waals surface area contributed by atoms with Gasteiger partial charge in [0, 0.05) is 18.6 Å². The lowest BCUT2D eigenvalue weighted by atomic mass is 9.98. The first-order valence-electron chi connectivity index (χ1n) is 10.9. The first kappa shape index (κ1) is 18.0. The summed E-state index contributed by atoms with van der Waals surface area (Å²) in [5.41, 5.74) is 0.712. The van der Waals surface area contributed by atoms with Gasteiger partial charge in [0.1, 0.15) is 12.2 Å². The van der Waals surface area contributed by atoms with Crippen LogP contribution in [0.3, 0.4) is 0 Å². The Labute approximate surface area is 173 Å². The number of aromatic nitrogens is 6. The summed E-state index contributed by atoms with van der Waals surface area (Å²) in [6, 6.07) is 0.142. The second kappa shape index (κ2) is 5.89. The van der Waals surface area contributed by atoms with Crippen molar-refractivity contribution in [1.82, 2.24) is 40.2 Å². The molecule has 3 saturated carbocycles. The molecule has 10 nitrogen and oxygen atoms in total. The number of aryl methyl sites for hydroxylation is 1. The van der Waals surface area contributed by atoms with Crippen LogP contribution < -0.4 is 5.32 Å². The zero-order valence-electron chi connectivity index (χ0n) is 17.3. The highest BCUT2D eigenvalue weighted by molar-refractivity contribution is 5.91. The normalized spacial score (nSPS) is 28.0. The third kappa shape index (κ3) is 2.42. The number of hydrogen-bond acceptors (Lipinski definition) is 6. The highest BCUT2D eigenvalue weighted by atomic mass is 16.2. The van der Waals surface area contributed by atoms with Crippen molar-refractivity contribution < 1.29 is 9.59 Å². The number of piperidine rings is 1. The molecule has 2 aromatic rings. The number of amides is 2. The third-order valence-corrected chi connectivity index (χ3v) is 7.91. The van der Waals surface area contributed by atoms with Crippen molar-refractivity contribution in [2.75, 3.05) is 6.54 Å². The number of rotatable bonds is 4. The number of aromatic amines is 1. The summed E-state index contributed by atoms with van der Waals surface area (Å²) < 4.78 is 1.46. The molecule has 2 atom stereocenters. The molecular weight excluding hydrogens is 384 g/mol. The summed E-state index contributed by atoms with van der Waals surface area (Å²) in [6.07, 6.45) is 8.02. The monoisotopic (exact) mass is 410 g/mol. The molecule has 2 N–H and O–H groups in total. The van der Waals surface area contributed by atoms with Crippen molar-refractivity contribution in [1.29, 1.82) is 0 Å². The molecule has 10 heteroatoms. The average molecular weight is 410 g/mol. The van der Waals surface area contributed by atoms with Gasteiger partial charge in [-0.15, -0.1) is 5.10 Å². The molecule has 0 unspecified atom stereocenters. The van der Waals surface area contributed by atoms with E-state index in [0.29, 0.717) is 35.1 Å². The smallest absolute Gasteiger partial charge is 0.291 e. The van der Waals surface area contributed by atoms with Crippen LogP contribution in [0.2, 0.25) is 0 Å². The lowest BCUT2D eigenvalue weighted by Crippen LogP contribution is -2.53. The van der Waals surface area contributed by atoms with Gasteiger partial charge < -0.3 is 10.2 Å². The van der Waals surface area contributed by atoms with E-state index in [1.54, 1.807) is 6.92 Å². The molecule has 158 valence electrons. The number of H-pyrrole nitrogens is 1. The molecule has 2 amide bonds. The lowest BCUT2D eigenvalue weighted by Gasteiger charge is -2.38. The zero-order valence-corrected chi connectivity index (χ0v) is 17.3. The van der Waals surface area contributed by atoms with Crippen molar-refractivity contribution in [2.24, 2.45) is 16.7 Å². The largest absolute Gasteiger partial charge is 0.345 e. The van der Waals surface area contributed by atoms with E-state index in [2.05, 4.69) is 37.5 Å². The molecule has 4 aliphatic rings. The highest BCUT2D eigenvalue weighted by Gasteiger charge is 2.89. The van der Waals surface area contributed by atoms with E-state index in [0.717, 1.165) is 12.8 Å². The van der Waals surface area contributed by atoms with Gasteiger partial charge in [-0.3, -0.25) is 9.59 Å². The molecule has 4 fully saturated rings. The van der Waals surface area contributed by atoms with Crippen LogP contribution in [0, 0.1) is 23.7 Å². The fraction of sp³-hybridized carbons (Fsp3) is 0.700. The number of hydrogen-bond donors (Lipinski definition) is 2. The van der Waals surface area contributed by atoms with Gasteiger partial charge in [0.05, 0.1) is 5.92 Å². The molecular formula is C20H26N8O2. The van der Waals surface area contributed by atoms with Crippen molar-refractivity contribution in [3.8, 4) is 5.95 Å². The van der Waals surface area contributed by atoms with Crippen molar-refractivity contribution in [3.63, 3.8) is 0 Å². The maximum absolute atomic E-state index is 13.3. The number of nitrogens with zero attached hydrogens (tertiary/aromatic N) is 6. The number of fused-ring (bicyclic) bond motifs is 1. The molecule has 2 aromatic heterocycles. The third-order valence-electron chi connectivity index (χ3n) is 7.91. The summed E-state index contributed by atoms with van der Waals surface area (Å²) in [5.74, 6) is 1.28. The van der Waals surface area contributed by atoms with Crippen molar-refractivity contribution >= 4 is 11.8 Å². The number of nitrogens with one attached hydrogen (secondary N) is 2. The lowest BCUT2D eigenvalue weighted by molar-refractivity contribution is -0.137. The molecule has 1 aliphatic heterocycles. The summed E-state index contributed by atoms with van der Waals surface area (Å²) in [5, 5.41) is 13.8. The van der Waals surface area contributed by atoms with E-state index in [-0.39, 0.29) is 29.7 Å². The highest BCUT2D eigenvalue weighted by Crippen LogP contribution is 2.92. The molecule has 0 aromatic carbocycles. The average Bonchev–Trinajstić information content (AvgIpc) is 3.67. The Kier molecular flexibility index (Phi) is 3.54. The molecule has 1 saturated heterocycles. The Morgan fingerprint density at radius 2 is 1.93 bits per heavy atom. The minimum atomic E-state index is -0.327. The van der Waals surface area contributed by atoms with Gasteiger partial charge in [0.25, 0.3) is 5.91 Å². The summed E-state index contributed by atoms with van der Waals surface area (Å²) in [7, 11) is 0. The Morgan fingerprint density at radius 1 is 1.20 bits per heavy atom. The Morgan fingerprint density at radius 3 is 2.57 bits per heavy atom. The number of carbonyl (C=O) groups is 2. The predicted octanol–water partition coefficient (Wildman–Crippen LogP) is 0.993. The summed E-state index contributed by atoms with van der Waals surface area (Å²) >= 11 is 0. The Balaban J connectivity index is 1.14. The Hall–Kier alpha value is -2.78. The van der Waals surface area contributed by atoms with Crippen LogP contribution in [0.15, 0.2) is 6.33 Å². The number of carbonyl (C=O) groups excluding carboxylic acids is 2. The number of likely N-dealkylation sites (tertiary alicyclic amines) is 1. The van der Waals surface area contributed by atoms with Crippen LogP contribution in [-0.4, -0.2) is 65.3 Å². The molecule has 0 radical (unpaired) electrons. The van der Waals surface area contributed by atoms with Crippen molar-refractivity contribution in [2.45, 2.75) is 64.5 Å². The quantitative estimate of drug-likeness (QED) is 0.775. The van der Waals surface area contributed by atoms with Gasteiger partial charge in [-0.05, 0) is 63.2 Å². The maximum Gasteiger partial charge on any atom is 0.291 e. The van der Waals surface area contributed by atoms with Gasteiger partial charge in [-0.25, -0.2) is 10.1 Å². The minimum absolute atomic E-state index is 0.0840. The minimum Gasteiger partial charge on any atom is -0.345 e. The molecule has 0 bridgehead atoms. The van der Waals surface area contributed by atoms with E-state index in [9.17, 15) is 9.59 Å². The second-order valence-corrected chi connectivity index (χ2v) is 9.54. The molecule has 3 aliphatic carbocycles. The predicted molar refractivity (Wildman–Crippen MR) is 105 cm³/mol. The summed E-state index contributed by atoms with van der Waals surface area (Å²) in [4.78, 5) is 36.4. The van der Waals surface area contributed by atoms with Crippen LogP contribution in [0.4, 0.5) is 0 Å². The zero-order chi connectivity index (χ0) is 20.7. The van der Waals surface area contributed by atoms with Crippen LogP contribution in [0.5, 0.6) is 0 Å². The van der Waals surface area contributed by atoms with Gasteiger partial charge in [-0.2, -0.15) is 14.8 Å². The molecule has 30 heavy (non-hydrogen) atoms. The SMILES string of the molecule is Cc1nc(C(=O)N[C@@H]2CC[C@@H](C)N(C(=O)C3C4(CC4)C34CC4)C2)nn1-c1ncn[nH]1. The van der Waals surface area contributed by atoms with E-state index in [4.69, 9.17) is 0 Å².